The molecule has 138 valence electrons. The van der Waals surface area contributed by atoms with Crippen molar-refractivity contribution in [1.29, 1.82) is 0 Å². The number of amides is 1. The van der Waals surface area contributed by atoms with Gasteiger partial charge in [0.1, 0.15) is 18.5 Å². The van der Waals surface area contributed by atoms with E-state index in [1.807, 2.05) is 42.5 Å². The van der Waals surface area contributed by atoms with Gasteiger partial charge in [-0.2, -0.15) is 0 Å². The predicted molar refractivity (Wildman–Crippen MR) is 97.2 cm³/mol. The number of hydrogen-bond acceptors (Lipinski definition) is 6. The number of fused-ring (bicyclic) bond motifs is 1. The standard InChI is InChI=1S/C20H18N2O5/c1-24-15-7-3-2-6-14(15)19-18(22-12-26-19)20(23)21-10-13-11-25-16-8-4-5-9-17(16)27-13/h2-9,12-13H,10-11H2,1H3,(H,21,23)/t13-/m1/s1. The second-order valence-corrected chi connectivity index (χ2v) is 5.94. The van der Waals surface area contributed by atoms with Crippen molar-refractivity contribution in [3.8, 4) is 28.6 Å². The summed E-state index contributed by atoms with van der Waals surface area (Å²) in [7, 11) is 1.56. The van der Waals surface area contributed by atoms with E-state index in [0.29, 0.717) is 35.2 Å². The molecule has 1 aliphatic rings. The van der Waals surface area contributed by atoms with Gasteiger partial charge in [0, 0.05) is 0 Å². The Morgan fingerprint density at radius 2 is 1.96 bits per heavy atom. The molecule has 7 heteroatoms. The molecule has 1 aliphatic heterocycles. The van der Waals surface area contributed by atoms with Crippen LogP contribution in [0.15, 0.2) is 59.3 Å². The number of aromatic nitrogens is 1. The first kappa shape index (κ1) is 17.0. The Bertz CT molecular complexity index is 953. The van der Waals surface area contributed by atoms with Crippen LogP contribution in [0.25, 0.3) is 11.3 Å². The molecule has 27 heavy (non-hydrogen) atoms. The summed E-state index contributed by atoms with van der Waals surface area (Å²) in [5.41, 5.74) is 0.852. The minimum absolute atomic E-state index is 0.191. The fraction of sp³-hybridized carbons (Fsp3) is 0.200. The predicted octanol–water partition coefficient (Wildman–Crippen LogP) is 2.92. The first-order chi connectivity index (χ1) is 13.3. The van der Waals surface area contributed by atoms with Gasteiger partial charge >= 0.3 is 0 Å². The summed E-state index contributed by atoms with van der Waals surface area (Å²) in [6.45, 7) is 0.640. The average molecular weight is 366 g/mol. The Balaban J connectivity index is 1.45. The molecule has 1 amide bonds. The molecule has 0 unspecified atom stereocenters. The van der Waals surface area contributed by atoms with Crippen LogP contribution in [-0.2, 0) is 0 Å². The van der Waals surface area contributed by atoms with E-state index in [0.717, 1.165) is 0 Å². The molecular formula is C20H18N2O5. The van der Waals surface area contributed by atoms with Crippen molar-refractivity contribution in [3.05, 3.63) is 60.6 Å². The van der Waals surface area contributed by atoms with Gasteiger partial charge in [0.05, 0.1) is 19.2 Å². The van der Waals surface area contributed by atoms with E-state index in [1.165, 1.54) is 6.39 Å². The lowest BCUT2D eigenvalue weighted by Crippen LogP contribution is -2.40. The largest absolute Gasteiger partial charge is 0.496 e. The second-order valence-electron chi connectivity index (χ2n) is 5.94. The van der Waals surface area contributed by atoms with Crippen molar-refractivity contribution < 1.29 is 23.4 Å². The first-order valence-corrected chi connectivity index (χ1v) is 8.50. The van der Waals surface area contributed by atoms with Crippen molar-refractivity contribution in [1.82, 2.24) is 10.3 Å². The lowest BCUT2D eigenvalue weighted by Gasteiger charge is -2.26. The van der Waals surface area contributed by atoms with Gasteiger partial charge in [-0.05, 0) is 24.3 Å². The van der Waals surface area contributed by atoms with Crippen molar-refractivity contribution in [2.24, 2.45) is 0 Å². The zero-order valence-electron chi connectivity index (χ0n) is 14.7. The van der Waals surface area contributed by atoms with Crippen LogP contribution < -0.4 is 19.5 Å². The van der Waals surface area contributed by atoms with E-state index in [9.17, 15) is 4.79 Å². The fourth-order valence-corrected chi connectivity index (χ4v) is 2.89. The van der Waals surface area contributed by atoms with Crippen LogP contribution in [0.3, 0.4) is 0 Å². The minimum Gasteiger partial charge on any atom is -0.496 e. The number of oxazole rings is 1. The van der Waals surface area contributed by atoms with Crippen molar-refractivity contribution in [2.75, 3.05) is 20.3 Å². The van der Waals surface area contributed by atoms with Crippen LogP contribution in [-0.4, -0.2) is 37.3 Å². The summed E-state index contributed by atoms with van der Waals surface area (Å²) in [5, 5.41) is 2.83. The van der Waals surface area contributed by atoms with Gasteiger partial charge in [0.2, 0.25) is 0 Å². The van der Waals surface area contributed by atoms with Gasteiger partial charge in [-0.1, -0.05) is 24.3 Å². The van der Waals surface area contributed by atoms with Crippen molar-refractivity contribution >= 4 is 5.91 Å². The normalized spacial score (nSPS) is 15.2. The van der Waals surface area contributed by atoms with Gasteiger partial charge in [0.15, 0.2) is 29.3 Å². The highest BCUT2D eigenvalue weighted by Crippen LogP contribution is 2.32. The highest BCUT2D eigenvalue weighted by Gasteiger charge is 2.24. The number of hydrogen-bond donors (Lipinski definition) is 1. The molecule has 0 fully saturated rings. The zero-order valence-corrected chi connectivity index (χ0v) is 14.7. The molecule has 0 saturated carbocycles. The molecule has 7 nitrogen and oxygen atoms in total. The summed E-state index contributed by atoms with van der Waals surface area (Å²) < 4.78 is 22.3. The Morgan fingerprint density at radius 3 is 2.81 bits per heavy atom. The molecule has 1 N–H and O–H groups in total. The zero-order chi connectivity index (χ0) is 18.6. The molecular weight excluding hydrogens is 348 g/mol. The second kappa shape index (κ2) is 7.41. The number of nitrogens with zero attached hydrogens (tertiary/aromatic N) is 1. The van der Waals surface area contributed by atoms with Crippen molar-refractivity contribution in [3.63, 3.8) is 0 Å². The molecule has 0 aliphatic carbocycles. The van der Waals surface area contributed by atoms with Crippen LogP contribution in [0.4, 0.5) is 0 Å². The number of benzene rings is 2. The SMILES string of the molecule is COc1ccccc1-c1ocnc1C(=O)NC[C@@H]1COc2ccccc2O1. The third-order valence-electron chi connectivity index (χ3n) is 4.19. The third-order valence-corrected chi connectivity index (χ3v) is 4.19. The molecule has 0 spiro atoms. The Kier molecular flexibility index (Phi) is 4.65. The van der Waals surface area contributed by atoms with Gasteiger partial charge in [-0.25, -0.2) is 4.98 Å². The van der Waals surface area contributed by atoms with E-state index in [4.69, 9.17) is 18.6 Å². The van der Waals surface area contributed by atoms with Crippen LogP contribution in [0, 0.1) is 0 Å². The van der Waals surface area contributed by atoms with Crippen LogP contribution in [0.2, 0.25) is 0 Å². The lowest BCUT2D eigenvalue weighted by molar-refractivity contribution is 0.0787. The lowest BCUT2D eigenvalue weighted by atomic mass is 10.1. The Hall–Kier alpha value is -3.48. The molecule has 2 heterocycles. The summed E-state index contributed by atoms with van der Waals surface area (Å²) >= 11 is 0. The molecule has 0 radical (unpaired) electrons. The van der Waals surface area contributed by atoms with Crippen LogP contribution in [0.1, 0.15) is 10.5 Å². The smallest absolute Gasteiger partial charge is 0.274 e. The molecule has 0 saturated heterocycles. The molecule has 1 aromatic heterocycles. The summed E-state index contributed by atoms with van der Waals surface area (Å²) in [5.74, 6) is 1.97. The highest BCUT2D eigenvalue weighted by atomic mass is 16.6. The van der Waals surface area contributed by atoms with Crippen LogP contribution in [0.5, 0.6) is 17.2 Å². The van der Waals surface area contributed by atoms with Gasteiger partial charge in [0.25, 0.3) is 5.91 Å². The van der Waals surface area contributed by atoms with Gasteiger partial charge in [-0.3, -0.25) is 4.79 Å². The van der Waals surface area contributed by atoms with E-state index < -0.39 is 0 Å². The Morgan fingerprint density at radius 1 is 1.19 bits per heavy atom. The number of methoxy groups -OCH3 is 1. The maximum atomic E-state index is 12.6. The Labute approximate surface area is 155 Å². The third kappa shape index (κ3) is 3.44. The first-order valence-electron chi connectivity index (χ1n) is 8.50. The van der Waals surface area contributed by atoms with Gasteiger partial charge < -0.3 is 23.9 Å². The van der Waals surface area contributed by atoms with E-state index in [1.54, 1.807) is 13.2 Å². The number of ether oxygens (including phenoxy) is 3. The molecule has 4 rings (SSSR count). The van der Waals surface area contributed by atoms with E-state index in [2.05, 4.69) is 10.3 Å². The van der Waals surface area contributed by atoms with Gasteiger partial charge in [-0.15, -0.1) is 0 Å². The van der Waals surface area contributed by atoms with E-state index in [-0.39, 0.29) is 24.2 Å². The molecule has 1 atom stereocenters. The minimum atomic E-state index is -0.355. The van der Waals surface area contributed by atoms with Crippen molar-refractivity contribution in [2.45, 2.75) is 6.10 Å². The average Bonchev–Trinajstić information content (AvgIpc) is 3.21. The number of carbonyl (C=O) groups is 1. The highest BCUT2D eigenvalue weighted by molar-refractivity contribution is 5.98. The monoisotopic (exact) mass is 366 g/mol. The molecule has 3 aromatic rings. The summed E-state index contributed by atoms with van der Waals surface area (Å²) in [4.78, 5) is 16.7. The summed E-state index contributed by atoms with van der Waals surface area (Å²) in [6, 6.07) is 14.7. The van der Waals surface area contributed by atoms with E-state index >= 15 is 0 Å². The topological polar surface area (TPSA) is 82.8 Å². The maximum absolute atomic E-state index is 12.6. The molecule has 0 bridgehead atoms. The quantitative estimate of drug-likeness (QED) is 0.748. The summed E-state index contributed by atoms with van der Waals surface area (Å²) in [6.07, 6.45) is 0.957. The maximum Gasteiger partial charge on any atom is 0.274 e. The number of para-hydroxylation sites is 3. The number of rotatable bonds is 5. The number of nitrogens with one attached hydrogen (secondary N) is 1. The molecule has 2 aromatic carbocycles. The number of carbonyl (C=O) groups excluding carboxylic acids is 1. The fourth-order valence-electron chi connectivity index (χ4n) is 2.89. The van der Waals surface area contributed by atoms with Crippen LogP contribution >= 0.6 is 0 Å².